The fraction of sp³-hybridized carbons (Fsp3) is 0.273. The molecule has 1 atom stereocenters. The predicted octanol–water partition coefficient (Wildman–Crippen LogP) is 3.78. The molecule has 1 saturated heterocycles. The van der Waals surface area contributed by atoms with Gasteiger partial charge in [0.05, 0.1) is 16.3 Å². The van der Waals surface area contributed by atoms with Crippen molar-refractivity contribution in [3.05, 3.63) is 69.4 Å². The zero-order valence-corrected chi connectivity index (χ0v) is 19.8. The van der Waals surface area contributed by atoms with E-state index in [2.05, 4.69) is 9.88 Å². The lowest BCUT2D eigenvalue weighted by Crippen LogP contribution is -2.49. The second-order valence-electron chi connectivity index (χ2n) is 7.69. The highest BCUT2D eigenvalue weighted by Gasteiger charge is 2.31. The number of piperazine rings is 1. The van der Waals surface area contributed by atoms with Gasteiger partial charge in [0.25, 0.3) is 5.56 Å². The largest absolute Gasteiger partial charge is 0.309 e. The number of aromatic amines is 1. The van der Waals surface area contributed by atoms with E-state index in [0.29, 0.717) is 42.3 Å². The monoisotopic (exact) mass is 486 g/mol. The molecule has 7 nitrogen and oxygen atoms in total. The molecule has 4 aromatic rings. The summed E-state index contributed by atoms with van der Waals surface area (Å²) in [6.45, 7) is 3.93. The predicted molar refractivity (Wildman–Crippen MR) is 129 cm³/mol. The highest BCUT2D eigenvalue weighted by atomic mass is 32.2. The van der Waals surface area contributed by atoms with E-state index in [9.17, 15) is 13.2 Å². The van der Waals surface area contributed by atoms with Crippen LogP contribution in [0.5, 0.6) is 0 Å². The molecule has 0 amide bonds. The summed E-state index contributed by atoms with van der Waals surface area (Å²) in [5.41, 5.74) is 0.791. The molecule has 1 aliphatic rings. The van der Waals surface area contributed by atoms with Crippen LogP contribution in [0.1, 0.15) is 18.8 Å². The van der Waals surface area contributed by atoms with Crippen LogP contribution in [0.15, 0.2) is 62.9 Å². The first-order valence-electron chi connectivity index (χ1n) is 10.3. The molecule has 4 heterocycles. The van der Waals surface area contributed by atoms with Crippen molar-refractivity contribution >= 4 is 42.9 Å². The lowest BCUT2D eigenvalue weighted by atomic mass is 10.2. The van der Waals surface area contributed by atoms with E-state index in [-0.39, 0.29) is 11.6 Å². The van der Waals surface area contributed by atoms with Crippen molar-refractivity contribution in [2.24, 2.45) is 0 Å². The van der Waals surface area contributed by atoms with E-state index < -0.39 is 10.0 Å². The Hall–Kier alpha value is -2.37. The number of aromatic nitrogens is 2. The Balaban J connectivity index is 1.34. The van der Waals surface area contributed by atoms with Crippen molar-refractivity contribution in [2.45, 2.75) is 17.9 Å². The molecule has 1 fully saturated rings. The third-order valence-corrected chi connectivity index (χ3v) is 9.53. The normalized spacial score (nSPS) is 17.0. The minimum atomic E-state index is -3.49. The highest BCUT2D eigenvalue weighted by Crippen LogP contribution is 2.34. The summed E-state index contributed by atoms with van der Waals surface area (Å²) in [6.07, 6.45) is 0. The van der Waals surface area contributed by atoms with Gasteiger partial charge in [-0.25, -0.2) is 13.4 Å². The van der Waals surface area contributed by atoms with Crippen molar-refractivity contribution in [3.8, 4) is 10.4 Å². The van der Waals surface area contributed by atoms with E-state index >= 15 is 0 Å². The van der Waals surface area contributed by atoms with Gasteiger partial charge in [0.15, 0.2) is 0 Å². The number of hydrogen-bond donors (Lipinski definition) is 1. The third-order valence-electron chi connectivity index (χ3n) is 5.85. The molecule has 0 unspecified atom stereocenters. The lowest BCUT2D eigenvalue weighted by Gasteiger charge is -2.36. The second-order valence-corrected chi connectivity index (χ2v) is 11.4. The van der Waals surface area contributed by atoms with Gasteiger partial charge < -0.3 is 4.98 Å². The molecule has 32 heavy (non-hydrogen) atoms. The average Bonchev–Trinajstić information content (AvgIpc) is 3.49. The maximum Gasteiger partial charge on any atom is 0.260 e. The smallest absolute Gasteiger partial charge is 0.260 e. The minimum absolute atomic E-state index is 0.124. The molecule has 5 rings (SSSR count). The van der Waals surface area contributed by atoms with Crippen LogP contribution in [0.4, 0.5) is 0 Å². The standard InChI is InChI=1S/C22H22N4O3S3/c1-15(25-9-11-26(12-10-25)32(28,29)16-6-3-2-4-7-16)20-23-21(27)19-17(14-31-22(19)24-20)18-8-5-13-30-18/h2-8,13-15H,9-12H2,1H3,(H,23,24,27)/t15-/m1/s1. The SMILES string of the molecule is C[C@H](c1nc2scc(-c3cccs3)c2c(=O)[nH]1)N1CCN(S(=O)(=O)c2ccccc2)CC1. The number of sulfonamides is 1. The zero-order valence-electron chi connectivity index (χ0n) is 17.4. The first kappa shape index (κ1) is 21.5. The molecular formula is C22H22N4O3S3. The second kappa shape index (κ2) is 8.53. The van der Waals surface area contributed by atoms with Crippen LogP contribution in [0.2, 0.25) is 0 Å². The van der Waals surface area contributed by atoms with Crippen molar-refractivity contribution in [1.29, 1.82) is 0 Å². The summed E-state index contributed by atoms with van der Waals surface area (Å²) in [7, 11) is -3.49. The average molecular weight is 487 g/mol. The molecule has 10 heteroatoms. The molecular weight excluding hydrogens is 464 g/mol. The zero-order chi connectivity index (χ0) is 22.3. The first-order valence-corrected chi connectivity index (χ1v) is 13.5. The van der Waals surface area contributed by atoms with E-state index in [1.54, 1.807) is 41.7 Å². The Morgan fingerprint density at radius 1 is 1.03 bits per heavy atom. The Labute approximate surface area is 194 Å². The summed E-state index contributed by atoms with van der Waals surface area (Å²) in [4.78, 5) is 24.9. The molecule has 0 aliphatic carbocycles. The fourth-order valence-electron chi connectivity index (χ4n) is 4.02. The van der Waals surface area contributed by atoms with Crippen LogP contribution in [0.3, 0.4) is 0 Å². The molecule has 0 spiro atoms. The summed E-state index contributed by atoms with van der Waals surface area (Å²) >= 11 is 3.08. The number of fused-ring (bicyclic) bond motifs is 1. The molecule has 1 aromatic carbocycles. The third kappa shape index (κ3) is 3.82. The van der Waals surface area contributed by atoms with E-state index in [1.807, 2.05) is 29.8 Å². The molecule has 1 aliphatic heterocycles. The van der Waals surface area contributed by atoms with Gasteiger partial charge in [0, 0.05) is 42.0 Å². The lowest BCUT2D eigenvalue weighted by molar-refractivity contribution is 0.141. The van der Waals surface area contributed by atoms with E-state index in [4.69, 9.17) is 4.98 Å². The Kier molecular flexibility index (Phi) is 5.72. The quantitative estimate of drug-likeness (QED) is 0.464. The fourth-order valence-corrected chi connectivity index (χ4v) is 7.23. The van der Waals surface area contributed by atoms with Gasteiger partial charge in [-0.1, -0.05) is 24.3 Å². The van der Waals surface area contributed by atoms with Gasteiger partial charge in [0.2, 0.25) is 10.0 Å². The topological polar surface area (TPSA) is 86.4 Å². The summed E-state index contributed by atoms with van der Waals surface area (Å²) < 4.78 is 27.3. The molecule has 3 aromatic heterocycles. The number of hydrogen-bond acceptors (Lipinski definition) is 7. The molecule has 1 N–H and O–H groups in total. The Bertz CT molecular complexity index is 1390. The van der Waals surface area contributed by atoms with Crippen LogP contribution in [-0.2, 0) is 10.0 Å². The van der Waals surface area contributed by atoms with Crippen molar-refractivity contribution in [3.63, 3.8) is 0 Å². The van der Waals surface area contributed by atoms with Gasteiger partial charge in [0.1, 0.15) is 10.7 Å². The maximum atomic E-state index is 12.9. The molecule has 0 radical (unpaired) electrons. The van der Waals surface area contributed by atoms with E-state index in [1.165, 1.54) is 15.6 Å². The highest BCUT2D eigenvalue weighted by molar-refractivity contribution is 7.89. The summed E-state index contributed by atoms with van der Waals surface area (Å²) in [5.74, 6) is 0.612. The number of nitrogens with zero attached hydrogens (tertiary/aromatic N) is 3. The van der Waals surface area contributed by atoms with Crippen LogP contribution in [0.25, 0.3) is 20.7 Å². The Morgan fingerprint density at radius 2 is 1.78 bits per heavy atom. The number of nitrogens with one attached hydrogen (secondary N) is 1. The van der Waals surface area contributed by atoms with Gasteiger partial charge in [-0.3, -0.25) is 9.69 Å². The van der Waals surface area contributed by atoms with Crippen molar-refractivity contribution in [2.75, 3.05) is 26.2 Å². The molecule has 166 valence electrons. The van der Waals surface area contributed by atoms with Gasteiger partial charge in [-0.15, -0.1) is 22.7 Å². The molecule has 0 bridgehead atoms. The maximum absolute atomic E-state index is 12.9. The summed E-state index contributed by atoms with van der Waals surface area (Å²) in [6, 6.07) is 12.4. The van der Waals surface area contributed by atoms with Crippen molar-refractivity contribution < 1.29 is 8.42 Å². The first-order chi connectivity index (χ1) is 15.4. The van der Waals surface area contributed by atoms with Crippen LogP contribution < -0.4 is 5.56 Å². The Morgan fingerprint density at radius 3 is 2.47 bits per heavy atom. The number of benzene rings is 1. The number of thiophene rings is 2. The van der Waals surface area contributed by atoms with Crippen molar-refractivity contribution in [1.82, 2.24) is 19.2 Å². The van der Waals surface area contributed by atoms with E-state index in [0.717, 1.165) is 15.3 Å². The number of rotatable bonds is 5. The van der Waals surface area contributed by atoms with Crippen LogP contribution in [0, 0.1) is 0 Å². The van der Waals surface area contributed by atoms with Gasteiger partial charge in [-0.05, 0) is 30.5 Å². The van der Waals surface area contributed by atoms with Crippen LogP contribution >= 0.6 is 22.7 Å². The van der Waals surface area contributed by atoms with Gasteiger partial charge in [-0.2, -0.15) is 4.31 Å². The molecule has 0 saturated carbocycles. The summed E-state index contributed by atoms with van der Waals surface area (Å²) in [5, 5.41) is 4.61. The number of H-pyrrole nitrogens is 1. The minimum Gasteiger partial charge on any atom is -0.309 e. The van der Waals surface area contributed by atoms with Gasteiger partial charge >= 0.3 is 0 Å². The van der Waals surface area contributed by atoms with Crippen LogP contribution in [-0.4, -0.2) is 53.8 Å².